The number of rotatable bonds is 6. The van der Waals surface area contributed by atoms with E-state index in [4.69, 9.17) is 0 Å². The Hall–Kier alpha value is -3.56. The number of carbonyl (C=O) groups is 2. The van der Waals surface area contributed by atoms with Gasteiger partial charge in [0, 0.05) is 34.3 Å². The standard InChI is InChI=1S/C19H17N5O4/c25-9-11(10-26)24-18(27)13-3-1-2-12-15(5-4-14(17(12)13)19(24)28)23-22-8-16-20-6-7-21-16/h1-8,11,23,25-26H,9-10H2,(H,20,21)/b22-8+. The summed E-state index contributed by atoms with van der Waals surface area (Å²) in [5.41, 5.74) is 4.19. The Bertz CT molecular complexity index is 1050. The lowest BCUT2D eigenvalue weighted by Gasteiger charge is -2.32. The molecule has 1 aliphatic heterocycles. The summed E-state index contributed by atoms with van der Waals surface area (Å²) in [5, 5.41) is 24.2. The maximum absolute atomic E-state index is 12.9. The van der Waals surface area contributed by atoms with Crippen molar-refractivity contribution in [3.8, 4) is 0 Å². The van der Waals surface area contributed by atoms with Crippen LogP contribution >= 0.6 is 0 Å². The third-order valence-electron chi connectivity index (χ3n) is 4.62. The van der Waals surface area contributed by atoms with Gasteiger partial charge in [0.2, 0.25) is 0 Å². The lowest BCUT2D eigenvalue weighted by molar-refractivity contribution is 0.0375. The van der Waals surface area contributed by atoms with E-state index in [1.165, 1.54) is 6.21 Å². The molecule has 0 spiro atoms. The number of anilines is 1. The highest BCUT2D eigenvalue weighted by atomic mass is 16.3. The number of hydrazone groups is 1. The SMILES string of the molecule is O=C1c2cccc3c(N/N=C/c4ncc[nH]4)ccc(c23)C(=O)N1C(CO)CO. The van der Waals surface area contributed by atoms with Crippen LogP contribution in [-0.4, -0.2) is 62.4 Å². The molecule has 9 nitrogen and oxygen atoms in total. The molecule has 0 aliphatic carbocycles. The average Bonchev–Trinajstić information content (AvgIpc) is 3.23. The molecule has 2 heterocycles. The second-order valence-corrected chi connectivity index (χ2v) is 6.23. The van der Waals surface area contributed by atoms with Crippen molar-refractivity contribution in [2.75, 3.05) is 18.6 Å². The highest BCUT2D eigenvalue weighted by Gasteiger charge is 2.37. The van der Waals surface area contributed by atoms with Crippen LogP contribution in [0.2, 0.25) is 0 Å². The fourth-order valence-electron chi connectivity index (χ4n) is 3.28. The molecule has 0 unspecified atom stereocenters. The van der Waals surface area contributed by atoms with Crippen molar-refractivity contribution in [3.05, 3.63) is 59.7 Å². The zero-order chi connectivity index (χ0) is 19.7. The Morgan fingerprint density at radius 1 is 1.14 bits per heavy atom. The van der Waals surface area contributed by atoms with Gasteiger partial charge in [0.25, 0.3) is 11.8 Å². The van der Waals surface area contributed by atoms with Crippen LogP contribution in [0.4, 0.5) is 5.69 Å². The van der Waals surface area contributed by atoms with Crippen molar-refractivity contribution in [2.24, 2.45) is 5.10 Å². The van der Waals surface area contributed by atoms with Crippen molar-refractivity contribution in [1.82, 2.24) is 14.9 Å². The minimum atomic E-state index is -0.987. The van der Waals surface area contributed by atoms with E-state index in [0.717, 1.165) is 4.90 Å². The molecule has 0 saturated carbocycles. The Kier molecular flexibility index (Phi) is 4.60. The summed E-state index contributed by atoms with van der Waals surface area (Å²) in [6, 6.07) is 7.43. The van der Waals surface area contributed by atoms with E-state index in [9.17, 15) is 19.8 Å². The van der Waals surface area contributed by atoms with Crippen molar-refractivity contribution in [1.29, 1.82) is 0 Å². The predicted octanol–water partition coefficient (Wildman–Crippen LogP) is 0.958. The molecule has 0 saturated heterocycles. The van der Waals surface area contributed by atoms with Crippen LogP contribution < -0.4 is 5.43 Å². The molecule has 0 radical (unpaired) electrons. The second kappa shape index (κ2) is 7.22. The van der Waals surface area contributed by atoms with Gasteiger partial charge in [-0.25, -0.2) is 4.98 Å². The first-order valence-electron chi connectivity index (χ1n) is 8.59. The third kappa shape index (κ3) is 2.82. The molecule has 2 amide bonds. The van der Waals surface area contributed by atoms with Gasteiger partial charge in [-0.15, -0.1) is 0 Å². The fourth-order valence-corrected chi connectivity index (χ4v) is 3.28. The van der Waals surface area contributed by atoms with Gasteiger partial charge in [0.15, 0.2) is 0 Å². The van der Waals surface area contributed by atoms with Crippen LogP contribution in [0.5, 0.6) is 0 Å². The van der Waals surface area contributed by atoms with E-state index in [-0.39, 0.29) is 0 Å². The molecule has 1 aliphatic rings. The topological polar surface area (TPSA) is 131 Å². The van der Waals surface area contributed by atoms with Crippen molar-refractivity contribution in [2.45, 2.75) is 6.04 Å². The molecule has 142 valence electrons. The minimum absolute atomic E-state index is 0.331. The number of hydrogen-bond acceptors (Lipinski definition) is 7. The number of amides is 2. The van der Waals surface area contributed by atoms with Crippen LogP contribution in [0, 0.1) is 0 Å². The molecule has 1 aromatic heterocycles. The Morgan fingerprint density at radius 3 is 2.57 bits per heavy atom. The van der Waals surface area contributed by atoms with Crippen LogP contribution in [0.3, 0.4) is 0 Å². The summed E-state index contributed by atoms with van der Waals surface area (Å²) in [4.78, 5) is 33.6. The Balaban J connectivity index is 1.77. The van der Waals surface area contributed by atoms with E-state index in [2.05, 4.69) is 20.5 Å². The van der Waals surface area contributed by atoms with Crippen LogP contribution in [0.15, 0.2) is 47.8 Å². The molecule has 0 atom stereocenters. The maximum Gasteiger partial charge on any atom is 0.261 e. The minimum Gasteiger partial charge on any atom is -0.394 e. The highest BCUT2D eigenvalue weighted by Crippen LogP contribution is 2.35. The summed E-state index contributed by atoms with van der Waals surface area (Å²) in [6.45, 7) is -1.03. The third-order valence-corrected chi connectivity index (χ3v) is 4.62. The maximum atomic E-state index is 12.9. The molecule has 4 N–H and O–H groups in total. The summed E-state index contributed by atoms with van der Waals surface area (Å²) in [7, 11) is 0. The highest BCUT2D eigenvalue weighted by molar-refractivity contribution is 6.26. The zero-order valence-electron chi connectivity index (χ0n) is 14.7. The number of imidazole rings is 1. The molecule has 0 bridgehead atoms. The van der Waals surface area contributed by atoms with E-state index < -0.39 is 31.1 Å². The van der Waals surface area contributed by atoms with Gasteiger partial charge >= 0.3 is 0 Å². The Labute approximate surface area is 159 Å². The number of carbonyl (C=O) groups excluding carboxylic acids is 2. The number of aliphatic hydroxyl groups excluding tert-OH is 2. The second-order valence-electron chi connectivity index (χ2n) is 6.23. The van der Waals surface area contributed by atoms with Crippen molar-refractivity contribution >= 4 is 34.5 Å². The molecule has 0 fully saturated rings. The smallest absolute Gasteiger partial charge is 0.261 e. The van der Waals surface area contributed by atoms with E-state index in [1.54, 1.807) is 42.7 Å². The van der Waals surface area contributed by atoms with Crippen molar-refractivity contribution < 1.29 is 19.8 Å². The monoisotopic (exact) mass is 379 g/mol. The summed E-state index contributed by atoms with van der Waals surface area (Å²) < 4.78 is 0. The van der Waals surface area contributed by atoms with Crippen LogP contribution in [0.25, 0.3) is 10.8 Å². The molecule has 3 aromatic rings. The predicted molar refractivity (Wildman–Crippen MR) is 102 cm³/mol. The molecule has 2 aromatic carbocycles. The zero-order valence-corrected chi connectivity index (χ0v) is 14.7. The van der Waals surface area contributed by atoms with Crippen LogP contribution in [-0.2, 0) is 0 Å². The van der Waals surface area contributed by atoms with Gasteiger partial charge in [-0.3, -0.25) is 19.9 Å². The number of H-pyrrole nitrogens is 1. The van der Waals surface area contributed by atoms with Gasteiger partial charge < -0.3 is 15.2 Å². The van der Waals surface area contributed by atoms with Crippen molar-refractivity contribution in [3.63, 3.8) is 0 Å². The average molecular weight is 379 g/mol. The first-order valence-corrected chi connectivity index (χ1v) is 8.59. The van der Waals surface area contributed by atoms with Gasteiger partial charge in [-0.2, -0.15) is 5.10 Å². The van der Waals surface area contributed by atoms with Gasteiger partial charge in [0.1, 0.15) is 5.82 Å². The lowest BCUT2D eigenvalue weighted by Crippen LogP contribution is -2.50. The van der Waals surface area contributed by atoms with E-state index in [0.29, 0.717) is 33.4 Å². The Morgan fingerprint density at radius 2 is 1.89 bits per heavy atom. The number of nitrogens with one attached hydrogen (secondary N) is 2. The fraction of sp³-hybridized carbons (Fsp3) is 0.158. The van der Waals surface area contributed by atoms with E-state index >= 15 is 0 Å². The summed E-state index contributed by atoms with van der Waals surface area (Å²) >= 11 is 0. The summed E-state index contributed by atoms with van der Waals surface area (Å²) in [6.07, 6.45) is 4.80. The van der Waals surface area contributed by atoms with Gasteiger partial charge in [0.05, 0.1) is 31.2 Å². The number of nitrogens with zero attached hydrogens (tertiary/aromatic N) is 3. The van der Waals surface area contributed by atoms with E-state index in [1.807, 2.05) is 0 Å². The number of hydrogen-bond donors (Lipinski definition) is 4. The number of aromatic nitrogens is 2. The number of aliphatic hydroxyl groups is 2. The van der Waals surface area contributed by atoms with Gasteiger partial charge in [-0.05, 0) is 18.2 Å². The molecular weight excluding hydrogens is 362 g/mol. The van der Waals surface area contributed by atoms with Gasteiger partial charge in [-0.1, -0.05) is 12.1 Å². The number of benzene rings is 2. The largest absolute Gasteiger partial charge is 0.394 e. The molecule has 28 heavy (non-hydrogen) atoms. The first kappa shape index (κ1) is 17.8. The lowest BCUT2D eigenvalue weighted by atomic mass is 9.92. The van der Waals surface area contributed by atoms with Crippen LogP contribution in [0.1, 0.15) is 26.5 Å². The number of imide groups is 1. The molecule has 9 heteroatoms. The molecular formula is C19H17N5O4. The normalized spacial score (nSPS) is 13.9. The molecule has 4 rings (SSSR count). The number of aromatic amines is 1. The quantitative estimate of drug-likeness (QED) is 0.287. The summed E-state index contributed by atoms with van der Waals surface area (Å²) in [5.74, 6) is -0.518. The first-order chi connectivity index (χ1) is 13.7.